The van der Waals surface area contributed by atoms with Crippen molar-refractivity contribution < 1.29 is 14.7 Å². The number of aryl methyl sites for hydroxylation is 1. The number of carbonyl (C=O) groups excluding carboxylic acids is 1. The lowest BCUT2D eigenvalue weighted by Gasteiger charge is -2.21. The SMILES string of the molecule is Cc1cc(C(=O)N2CCCN(CC(=O)O)CC2)cc(Cl)n1. The molecule has 0 spiro atoms. The normalized spacial score (nSPS) is 16.6. The lowest BCUT2D eigenvalue weighted by atomic mass is 10.2. The van der Waals surface area contributed by atoms with E-state index in [1.807, 2.05) is 4.90 Å². The van der Waals surface area contributed by atoms with Crippen LogP contribution < -0.4 is 0 Å². The zero-order valence-corrected chi connectivity index (χ0v) is 12.6. The van der Waals surface area contributed by atoms with Crippen molar-refractivity contribution in [2.75, 3.05) is 32.7 Å². The van der Waals surface area contributed by atoms with E-state index in [1.54, 1.807) is 24.0 Å². The summed E-state index contributed by atoms with van der Waals surface area (Å²) in [6, 6.07) is 3.28. The van der Waals surface area contributed by atoms with Crippen molar-refractivity contribution in [3.05, 3.63) is 28.5 Å². The number of aromatic nitrogens is 1. The third-order valence-corrected chi connectivity index (χ3v) is 3.60. The van der Waals surface area contributed by atoms with Gasteiger partial charge in [-0.3, -0.25) is 14.5 Å². The second-order valence-corrected chi connectivity index (χ2v) is 5.52. The zero-order valence-electron chi connectivity index (χ0n) is 11.9. The van der Waals surface area contributed by atoms with Crippen LogP contribution in [-0.2, 0) is 4.79 Å². The first-order valence-corrected chi connectivity index (χ1v) is 7.21. The molecule has 1 saturated heterocycles. The van der Waals surface area contributed by atoms with E-state index in [-0.39, 0.29) is 12.5 Å². The van der Waals surface area contributed by atoms with E-state index in [1.165, 1.54) is 0 Å². The van der Waals surface area contributed by atoms with Crippen molar-refractivity contribution in [3.8, 4) is 0 Å². The molecule has 0 aromatic carbocycles. The van der Waals surface area contributed by atoms with Crippen LogP contribution in [0.1, 0.15) is 22.5 Å². The van der Waals surface area contributed by atoms with E-state index in [2.05, 4.69) is 4.98 Å². The third kappa shape index (κ3) is 4.41. The van der Waals surface area contributed by atoms with Gasteiger partial charge < -0.3 is 10.0 Å². The maximum absolute atomic E-state index is 12.5. The summed E-state index contributed by atoms with van der Waals surface area (Å²) in [5, 5.41) is 9.13. The number of halogens is 1. The highest BCUT2D eigenvalue weighted by atomic mass is 35.5. The van der Waals surface area contributed by atoms with Gasteiger partial charge in [-0.2, -0.15) is 0 Å². The fraction of sp³-hybridized carbons (Fsp3) is 0.500. The molecule has 7 heteroatoms. The standard InChI is InChI=1S/C14H18ClN3O3/c1-10-7-11(8-12(15)16-10)14(21)18-4-2-3-17(5-6-18)9-13(19)20/h7-8H,2-6,9H2,1H3,(H,19,20). The van der Waals surface area contributed by atoms with E-state index < -0.39 is 5.97 Å². The Morgan fingerprint density at radius 2 is 2.05 bits per heavy atom. The maximum Gasteiger partial charge on any atom is 0.317 e. The van der Waals surface area contributed by atoms with E-state index >= 15 is 0 Å². The predicted octanol–water partition coefficient (Wildman–Crippen LogP) is 1.28. The summed E-state index contributed by atoms with van der Waals surface area (Å²) >= 11 is 5.89. The van der Waals surface area contributed by atoms with Crippen LogP contribution in [0.4, 0.5) is 0 Å². The molecule has 2 heterocycles. The monoisotopic (exact) mass is 311 g/mol. The minimum absolute atomic E-state index is 0.0161. The second-order valence-electron chi connectivity index (χ2n) is 5.14. The average Bonchev–Trinajstić information content (AvgIpc) is 2.61. The van der Waals surface area contributed by atoms with Crippen molar-refractivity contribution in [2.45, 2.75) is 13.3 Å². The van der Waals surface area contributed by atoms with Gasteiger partial charge >= 0.3 is 5.97 Å². The van der Waals surface area contributed by atoms with Crippen LogP contribution in [0.2, 0.25) is 5.15 Å². The number of carboxylic acid groups (broad SMARTS) is 1. The van der Waals surface area contributed by atoms with E-state index in [4.69, 9.17) is 16.7 Å². The van der Waals surface area contributed by atoms with Crippen molar-refractivity contribution in [3.63, 3.8) is 0 Å². The van der Waals surface area contributed by atoms with Crippen LogP contribution >= 0.6 is 11.6 Å². The number of nitrogens with zero attached hydrogens (tertiary/aromatic N) is 3. The largest absolute Gasteiger partial charge is 0.480 e. The lowest BCUT2D eigenvalue weighted by Crippen LogP contribution is -2.36. The molecule has 0 saturated carbocycles. The summed E-state index contributed by atoms with van der Waals surface area (Å²) in [6.07, 6.45) is 0.761. The van der Waals surface area contributed by atoms with Crippen LogP contribution in [0.25, 0.3) is 0 Å². The number of amides is 1. The van der Waals surface area contributed by atoms with Gasteiger partial charge in [-0.1, -0.05) is 11.6 Å². The summed E-state index contributed by atoms with van der Waals surface area (Å²) < 4.78 is 0. The number of rotatable bonds is 3. The van der Waals surface area contributed by atoms with Crippen molar-refractivity contribution in [1.82, 2.24) is 14.8 Å². The van der Waals surface area contributed by atoms with Gasteiger partial charge in [-0.05, 0) is 25.5 Å². The fourth-order valence-corrected chi connectivity index (χ4v) is 2.71. The minimum atomic E-state index is -0.841. The van der Waals surface area contributed by atoms with E-state index in [0.717, 1.165) is 6.42 Å². The summed E-state index contributed by atoms with van der Waals surface area (Å²) in [7, 11) is 0. The molecule has 1 N–H and O–H groups in total. The molecule has 1 amide bonds. The van der Waals surface area contributed by atoms with Gasteiger partial charge in [0.2, 0.25) is 0 Å². The Kier molecular flexibility index (Phi) is 5.14. The summed E-state index contributed by atoms with van der Waals surface area (Å²) in [5.41, 5.74) is 1.23. The van der Waals surface area contributed by atoms with Crippen molar-refractivity contribution in [1.29, 1.82) is 0 Å². The van der Waals surface area contributed by atoms with Crippen molar-refractivity contribution >= 4 is 23.5 Å². The Labute approximate surface area is 128 Å². The summed E-state index contributed by atoms with van der Waals surface area (Å²) in [4.78, 5) is 30.9. The summed E-state index contributed by atoms with van der Waals surface area (Å²) in [6.45, 7) is 4.20. The number of hydrogen-bond acceptors (Lipinski definition) is 4. The molecule has 1 fully saturated rings. The third-order valence-electron chi connectivity index (χ3n) is 3.40. The van der Waals surface area contributed by atoms with Gasteiger partial charge in [0.25, 0.3) is 5.91 Å². The molecule has 1 aliphatic heterocycles. The summed E-state index contributed by atoms with van der Waals surface area (Å²) in [5.74, 6) is -0.925. The van der Waals surface area contributed by atoms with Crippen LogP contribution in [0.15, 0.2) is 12.1 Å². The fourth-order valence-electron chi connectivity index (χ4n) is 2.46. The highest BCUT2D eigenvalue weighted by molar-refractivity contribution is 6.29. The molecule has 0 radical (unpaired) electrons. The molecule has 1 aliphatic rings. The first-order valence-electron chi connectivity index (χ1n) is 6.83. The van der Waals surface area contributed by atoms with Crippen LogP contribution in [-0.4, -0.2) is 64.5 Å². The molecule has 21 heavy (non-hydrogen) atoms. The predicted molar refractivity (Wildman–Crippen MR) is 78.6 cm³/mol. The molecule has 0 unspecified atom stereocenters. The Hall–Kier alpha value is -1.66. The molecule has 0 atom stereocenters. The van der Waals surface area contributed by atoms with Gasteiger partial charge in [0.15, 0.2) is 0 Å². The number of hydrogen-bond donors (Lipinski definition) is 1. The minimum Gasteiger partial charge on any atom is -0.480 e. The average molecular weight is 312 g/mol. The number of carboxylic acids is 1. The highest BCUT2D eigenvalue weighted by Crippen LogP contribution is 2.14. The van der Waals surface area contributed by atoms with E-state index in [0.29, 0.717) is 42.6 Å². The Bertz CT molecular complexity index is 530. The first-order chi connectivity index (χ1) is 9.95. The molecule has 2 rings (SSSR count). The van der Waals surface area contributed by atoms with Gasteiger partial charge in [0, 0.05) is 37.4 Å². The first kappa shape index (κ1) is 15.7. The van der Waals surface area contributed by atoms with Crippen LogP contribution in [0, 0.1) is 6.92 Å². The smallest absolute Gasteiger partial charge is 0.317 e. The number of carbonyl (C=O) groups is 2. The van der Waals surface area contributed by atoms with Gasteiger partial charge in [-0.15, -0.1) is 0 Å². The molecule has 1 aromatic rings. The molecule has 1 aromatic heterocycles. The maximum atomic E-state index is 12.5. The lowest BCUT2D eigenvalue weighted by molar-refractivity contribution is -0.138. The topological polar surface area (TPSA) is 73.7 Å². The quantitative estimate of drug-likeness (QED) is 0.851. The van der Waals surface area contributed by atoms with Gasteiger partial charge in [-0.25, -0.2) is 4.98 Å². The van der Waals surface area contributed by atoms with E-state index in [9.17, 15) is 9.59 Å². The number of pyridine rings is 1. The molecule has 0 bridgehead atoms. The zero-order chi connectivity index (χ0) is 15.4. The molecule has 6 nitrogen and oxygen atoms in total. The number of aliphatic carboxylic acids is 1. The molecule has 0 aliphatic carbocycles. The van der Waals surface area contributed by atoms with Gasteiger partial charge in [0.05, 0.1) is 6.54 Å². The Morgan fingerprint density at radius 1 is 1.29 bits per heavy atom. The van der Waals surface area contributed by atoms with Crippen molar-refractivity contribution in [2.24, 2.45) is 0 Å². The second kappa shape index (κ2) is 6.87. The molecule has 114 valence electrons. The van der Waals surface area contributed by atoms with Crippen LogP contribution in [0.5, 0.6) is 0 Å². The highest BCUT2D eigenvalue weighted by Gasteiger charge is 2.21. The molecular formula is C14H18ClN3O3. The Balaban J connectivity index is 2.04. The Morgan fingerprint density at radius 3 is 2.71 bits per heavy atom. The molecular weight excluding hydrogens is 294 g/mol. The van der Waals surface area contributed by atoms with Gasteiger partial charge in [0.1, 0.15) is 5.15 Å². The van der Waals surface area contributed by atoms with Crippen LogP contribution in [0.3, 0.4) is 0 Å².